The fourth-order valence-corrected chi connectivity index (χ4v) is 1.91. The molecule has 0 aliphatic carbocycles. The Morgan fingerprint density at radius 1 is 1.29 bits per heavy atom. The van der Waals surface area contributed by atoms with Crippen LogP contribution >= 0.6 is 0 Å². The first-order chi connectivity index (χ1) is 10.1. The second kappa shape index (κ2) is 6.83. The largest absolute Gasteiger partial charge is 0.351 e. The van der Waals surface area contributed by atoms with Crippen molar-refractivity contribution in [3.8, 4) is 11.3 Å². The highest BCUT2D eigenvalue weighted by Crippen LogP contribution is 2.15. The molecule has 2 N–H and O–H groups in total. The Morgan fingerprint density at radius 3 is 2.67 bits per heavy atom. The minimum Gasteiger partial charge on any atom is -0.351 e. The summed E-state index contributed by atoms with van der Waals surface area (Å²) in [5.41, 5.74) is 1.01. The zero-order valence-electron chi connectivity index (χ0n) is 12.2. The highest BCUT2D eigenvalue weighted by Gasteiger charge is 2.10. The van der Waals surface area contributed by atoms with Crippen molar-refractivity contribution in [2.45, 2.75) is 20.3 Å². The summed E-state index contributed by atoms with van der Waals surface area (Å²) in [6.07, 6.45) is 0.895. The third-order valence-electron chi connectivity index (χ3n) is 3.07. The fraction of sp³-hybridized carbons (Fsp3) is 0.312. The molecule has 21 heavy (non-hydrogen) atoms. The first kappa shape index (κ1) is 15.0. The van der Waals surface area contributed by atoms with Crippen LogP contribution in [0.1, 0.15) is 30.8 Å². The minimum atomic E-state index is -0.523. The number of amides is 1. The van der Waals surface area contributed by atoms with E-state index in [1.165, 1.54) is 0 Å². The molecule has 0 aliphatic heterocycles. The van der Waals surface area contributed by atoms with Crippen molar-refractivity contribution in [1.29, 1.82) is 0 Å². The zero-order chi connectivity index (χ0) is 15.2. The van der Waals surface area contributed by atoms with Crippen molar-refractivity contribution in [3.05, 3.63) is 52.6 Å². The SMILES string of the molecule is CC(C)CCNC(=O)c1cc(-c2ccccc2)nc(=O)[nH]1. The van der Waals surface area contributed by atoms with Gasteiger partial charge in [0.15, 0.2) is 0 Å². The molecule has 0 saturated carbocycles. The van der Waals surface area contributed by atoms with Gasteiger partial charge in [-0.1, -0.05) is 44.2 Å². The van der Waals surface area contributed by atoms with Crippen LogP contribution in [0.5, 0.6) is 0 Å². The van der Waals surface area contributed by atoms with Crippen LogP contribution in [0.3, 0.4) is 0 Å². The van der Waals surface area contributed by atoms with Crippen LogP contribution in [0.25, 0.3) is 11.3 Å². The molecule has 1 heterocycles. The van der Waals surface area contributed by atoms with E-state index in [2.05, 4.69) is 29.1 Å². The molecule has 0 radical (unpaired) electrons. The molecule has 2 rings (SSSR count). The van der Waals surface area contributed by atoms with Gasteiger partial charge in [0, 0.05) is 12.1 Å². The third-order valence-corrected chi connectivity index (χ3v) is 3.07. The monoisotopic (exact) mass is 285 g/mol. The molecule has 5 heteroatoms. The lowest BCUT2D eigenvalue weighted by Gasteiger charge is -2.08. The predicted molar refractivity (Wildman–Crippen MR) is 82.1 cm³/mol. The maximum absolute atomic E-state index is 12.1. The average Bonchev–Trinajstić information content (AvgIpc) is 2.47. The summed E-state index contributed by atoms with van der Waals surface area (Å²) >= 11 is 0. The van der Waals surface area contributed by atoms with Crippen LogP contribution < -0.4 is 11.0 Å². The van der Waals surface area contributed by atoms with Crippen LogP contribution in [-0.4, -0.2) is 22.4 Å². The summed E-state index contributed by atoms with van der Waals surface area (Å²) in [6.45, 7) is 4.77. The summed E-state index contributed by atoms with van der Waals surface area (Å²) in [6, 6.07) is 10.9. The molecule has 0 aliphatic rings. The van der Waals surface area contributed by atoms with Crippen molar-refractivity contribution in [2.75, 3.05) is 6.54 Å². The molecule has 0 fully saturated rings. The number of nitrogens with one attached hydrogen (secondary N) is 2. The van der Waals surface area contributed by atoms with E-state index >= 15 is 0 Å². The second-order valence-electron chi connectivity index (χ2n) is 5.29. The van der Waals surface area contributed by atoms with E-state index < -0.39 is 5.69 Å². The smallest absolute Gasteiger partial charge is 0.346 e. The van der Waals surface area contributed by atoms with E-state index in [1.807, 2.05) is 30.3 Å². The average molecular weight is 285 g/mol. The Labute approximate surface area is 123 Å². The highest BCUT2D eigenvalue weighted by molar-refractivity contribution is 5.93. The molecule has 1 aromatic heterocycles. The molecule has 1 amide bonds. The van der Waals surface area contributed by atoms with Gasteiger partial charge >= 0.3 is 5.69 Å². The Morgan fingerprint density at radius 2 is 2.00 bits per heavy atom. The van der Waals surface area contributed by atoms with E-state index in [9.17, 15) is 9.59 Å². The molecule has 1 aromatic carbocycles. The molecule has 0 spiro atoms. The Balaban J connectivity index is 2.19. The number of H-pyrrole nitrogens is 1. The van der Waals surface area contributed by atoms with Crippen LogP contribution in [0.15, 0.2) is 41.2 Å². The molecule has 110 valence electrons. The van der Waals surface area contributed by atoms with Crippen molar-refractivity contribution in [2.24, 2.45) is 5.92 Å². The first-order valence-electron chi connectivity index (χ1n) is 7.01. The van der Waals surface area contributed by atoms with E-state index in [-0.39, 0.29) is 11.6 Å². The quantitative estimate of drug-likeness (QED) is 0.884. The maximum atomic E-state index is 12.1. The number of carbonyl (C=O) groups excluding carboxylic acids is 1. The van der Waals surface area contributed by atoms with E-state index in [1.54, 1.807) is 6.07 Å². The van der Waals surface area contributed by atoms with Crippen LogP contribution in [0.2, 0.25) is 0 Å². The topological polar surface area (TPSA) is 74.8 Å². The summed E-state index contributed by atoms with van der Waals surface area (Å²) in [5, 5.41) is 2.80. The van der Waals surface area contributed by atoms with Gasteiger partial charge in [-0.05, 0) is 18.4 Å². The normalized spacial score (nSPS) is 10.6. The van der Waals surface area contributed by atoms with Gasteiger partial charge in [-0.3, -0.25) is 4.79 Å². The molecule has 0 atom stereocenters. The lowest BCUT2D eigenvalue weighted by molar-refractivity contribution is 0.0946. The highest BCUT2D eigenvalue weighted by atomic mass is 16.2. The molecule has 2 aromatic rings. The van der Waals surface area contributed by atoms with Gasteiger partial charge in [-0.15, -0.1) is 0 Å². The molecule has 0 bridgehead atoms. The molecule has 0 unspecified atom stereocenters. The van der Waals surface area contributed by atoms with Gasteiger partial charge in [0.05, 0.1) is 5.69 Å². The molecular weight excluding hydrogens is 266 g/mol. The standard InChI is InChI=1S/C16H19N3O2/c1-11(2)8-9-17-15(20)14-10-13(18-16(21)19-14)12-6-4-3-5-7-12/h3-7,10-11H,8-9H2,1-2H3,(H,17,20)(H,18,19,21). The number of carbonyl (C=O) groups is 1. The van der Waals surface area contributed by atoms with Crippen molar-refractivity contribution >= 4 is 5.91 Å². The van der Waals surface area contributed by atoms with Crippen LogP contribution in [-0.2, 0) is 0 Å². The number of nitrogens with zero attached hydrogens (tertiary/aromatic N) is 1. The molecular formula is C16H19N3O2. The predicted octanol–water partition coefficient (Wildman–Crippen LogP) is 2.21. The van der Waals surface area contributed by atoms with E-state index in [0.717, 1.165) is 12.0 Å². The summed E-state index contributed by atoms with van der Waals surface area (Å²) in [4.78, 5) is 30.1. The fourth-order valence-electron chi connectivity index (χ4n) is 1.91. The molecule has 0 saturated heterocycles. The van der Waals surface area contributed by atoms with Gasteiger partial charge in [-0.2, -0.15) is 4.98 Å². The third kappa shape index (κ3) is 4.27. The lowest BCUT2D eigenvalue weighted by Crippen LogP contribution is -2.28. The van der Waals surface area contributed by atoms with E-state index in [0.29, 0.717) is 18.2 Å². The van der Waals surface area contributed by atoms with E-state index in [4.69, 9.17) is 0 Å². The van der Waals surface area contributed by atoms with Crippen molar-refractivity contribution in [1.82, 2.24) is 15.3 Å². The lowest BCUT2D eigenvalue weighted by atomic mass is 10.1. The number of hydrogen-bond donors (Lipinski definition) is 2. The van der Waals surface area contributed by atoms with Crippen LogP contribution in [0, 0.1) is 5.92 Å². The Kier molecular flexibility index (Phi) is 4.87. The van der Waals surface area contributed by atoms with Gasteiger partial charge in [-0.25, -0.2) is 4.79 Å². The van der Waals surface area contributed by atoms with Crippen molar-refractivity contribution < 1.29 is 4.79 Å². The number of aromatic amines is 1. The Hall–Kier alpha value is -2.43. The molecule has 5 nitrogen and oxygen atoms in total. The summed E-state index contributed by atoms with van der Waals surface area (Å²) < 4.78 is 0. The summed E-state index contributed by atoms with van der Waals surface area (Å²) in [7, 11) is 0. The van der Waals surface area contributed by atoms with Crippen molar-refractivity contribution in [3.63, 3.8) is 0 Å². The zero-order valence-corrected chi connectivity index (χ0v) is 12.2. The van der Waals surface area contributed by atoms with Gasteiger partial charge in [0.2, 0.25) is 0 Å². The number of benzene rings is 1. The minimum absolute atomic E-state index is 0.234. The number of aromatic nitrogens is 2. The van der Waals surface area contributed by atoms with Gasteiger partial charge < -0.3 is 10.3 Å². The maximum Gasteiger partial charge on any atom is 0.346 e. The first-order valence-corrected chi connectivity index (χ1v) is 7.01. The number of hydrogen-bond acceptors (Lipinski definition) is 3. The summed E-state index contributed by atoms with van der Waals surface area (Å²) in [5.74, 6) is 0.231. The number of rotatable bonds is 5. The van der Waals surface area contributed by atoms with Crippen LogP contribution in [0.4, 0.5) is 0 Å². The Bertz CT molecular complexity index is 663. The second-order valence-corrected chi connectivity index (χ2v) is 5.29. The van der Waals surface area contributed by atoms with Gasteiger partial charge in [0.1, 0.15) is 5.69 Å². The van der Waals surface area contributed by atoms with Gasteiger partial charge in [0.25, 0.3) is 5.91 Å².